The Labute approximate surface area is 165 Å². The summed E-state index contributed by atoms with van der Waals surface area (Å²) in [5.41, 5.74) is 2.11. The predicted molar refractivity (Wildman–Crippen MR) is 108 cm³/mol. The zero-order chi connectivity index (χ0) is 20.5. The second kappa shape index (κ2) is 10.3. The Bertz CT molecular complexity index is 803. The number of rotatable bonds is 8. The lowest BCUT2D eigenvalue weighted by atomic mass is 10.1. The summed E-state index contributed by atoms with van der Waals surface area (Å²) < 4.78 is 5.24. The summed E-state index contributed by atoms with van der Waals surface area (Å²) in [7, 11) is 0. The molecule has 2 N–H and O–H groups in total. The number of hydrogen-bond donors (Lipinski definition) is 2. The van der Waals surface area contributed by atoms with Gasteiger partial charge in [-0.3, -0.25) is 9.59 Å². The van der Waals surface area contributed by atoms with Crippen LogP contribution in [0.15, 0.2) is 54.6 Å². The molecule has 28 heavy (non-hydrogen) atoms. The highest BCUT2D eigenvalue weighted by molar-refractivity contribution is 5.93. The van der Waals surface area contributed by atoms with E-state index < -0.39 is 12.1 Å². The van der Waals surface area contributed by atoms with Gasteiger partial charge in [0.25, 0.3) is 5.91 Å². The van der Waals surface area contributed by atoms with Crippen LogP contribution in [0.1, 0.15) is 43.1 Å². The van der Waals surface area contributed by atoms with E-state index in [4.69, 9.17) is 4.74 Å². The lowest BCUT2D eigenvalue weighted by molar-refractivity contribution is -0.129. The SMILES string of the molecule is CC(=O)Nc1ccc(C(=O)O[C@@H](C)C(=O)N[C@@H](C)CCc2ccccc2)cc1. The number of benzene rings is 2. The summed E-state index contributed by atoms with van der Waals surface area (Å²) >= 11 is 0. The third kappa shape index (κ3) is 6.87. The van der Waals surface area contributed by atoms with Crippen LogP contribution in [-0.4, -0.2) is 29.9 Å². The maximum absolute atomic E-state index is 12.3. The Morgan fingerprint density at radius 2 is 1.61 bits per heavy atom. The number of hydrogen-bond acceptors (Lipinski definition) is 4. The molecular weight excluding hydrogens is 356 g/mol. The van der Waals surface area contributed by atoms with E-state index in [-0.39, 0.29) is 17.9 Å². The fourth-order valence-corrected chi connectivity index (χ4v) is 2.64. The number of anilines is 1. The Hall–Kier alpha value is -3.15. The van der Waals surface area contributed by atoms with Crippen LogP contribution in [0.2, 0.25) is 0 Å². The average molecular weight is 382 g/mol. The van der Waals surface area contributed by atoms with Crippen molar-refractivity contribution in [3.8, 4) is 0 Å². The minimum absolute atomic E-state index is 0.0363. The Balaban J connectivity index is 1.80. The van der Waals surface area contributed by atoms with E-state index in [1.54, 1.807) is 31.2 Å². The van der Waals surface area contributed by atoms with E-state index >= 15 is 0 Å². The molecule has 148 valence electrons. The molecule has 0 saturated heterocycles. The largest absolute Gasteiger partial charge is 0.449 e. The highest BCUT2D eigenvalue weighted by Crippen LogP contribution is 2.12. The first-order chi connectivity index (χ1) is 13.3. The van der Waals surface area contributed by atoms with Gasteiger partial charge in [-0.05, 0) is 56.5 Å². The maximum atomic E-state index is 12.3. The zero-order valence-corrected chi connectivity index (χ0v) is 16.4. The van der Waals surface area contributed by atoms with Crippen LogP contribution in [0.5, 0.6) is 0 Å². The fourth-order valence-electron chi connectivity index (χ4n) is 2.64. The highest BCUT2D eigenvalue weighted by Gasteiger charge is 2.20. The zero-order valence-electron chi connectivity index (χ0n) is 16.4. The van der Waals surface area contributed by atoms with Crippen molar-refractivity contribution in [2.45, 2.75) is 45.8 Å². The molecule has 2 rings (SSSR count). The molecular formula is C22H26N2O4. The van der Waals surface area contributed by atoms with Crippen LogP contribution in [-0.2, 0) is 20.7 Å². The number of aryl methyl sites for hydroxylation is 1. The van der Waals surface area contributed by atoms with Gasteiger partial charge in [-0.25, -0.2) is 4.79 Å². The topological polar surface area (TPSA) is 84.5 Å². The van der Waals surface area contributed by atoms with Crippen LogP contribution < -0.4 is 10.6 Å². The molecule has 0 bridgehead atoms. The number of nitrogens with one attached hydrogen (secondary N) is 2. The van der Waals surface area contributed by atoms with Crippen LogP contribution in [0.4, 0.5) is 5.69 Å². The first kappa shape index (κ1) is 21.2. The highest BCUT2D eigenvalue weighted by atomic mass is 16.5. The lowest BCUT2D eigenvalue weighted by Crippen LogP contribution is -2.41. The smallest absolute Gasteiger partial charge is 0.338 e. The van der Waals surface area contributed by atoms with Gasteiger partial charge in [0.15, 0.2) is 6.10 Å². The monoisotopic (exact) mass is 382 g/mol. The number of carbonyl (C=O) groups is 3. The molecule has 2 aromatic rings. The normalized spacial score (nSPS) is 12.5. The van der Waals surface area contributed by atoms with E-state index in [9.17, 15) is 14.4 Å². The molecule has 0 unspecified atom stereocenters. The minimum Gasteiger partial charge on any atom is -0.449 e. The second-order valence-electron chi connectivity index (χ2n) is 6.74. The Kier molecular flexibility index (Phi) is 7.75. The van der Waals surface area contributed by atoms with Gasteiger partial charge >= 0.3 is 5.97 Å². The molecule has 2 atom stereocenters. The molecule has 2 aromatic carbocycles. The maximum Gasteiger partial charge on any atom is 0.338 e. The van der Waals surface area contributed by atoms with Crippen LogP contribution in [0, 0.1) is 0 Å². The van der Waals surface area contributed by atoms with Gasteiger partial charge < -0.3 is 15.4 Å². The molecule has 0 radical (unpaired) electrons. The summed E-state index contributed by atoms with van der Waals surface area (Å²) in [4.78, 5) is 35.5. The minimum atomic E-state index is -0.901. The molecule has 2 amide bonds. The van der Waals surface area contributed by atoms with Gasteiger partial charge in [0.1, 0.15) is 0 Å². The quantitative estimate of drug-likeness (QED) is 0.686. The van der Waals surface area contributed by atoms with Crippen molar-refractivity contribution in [2.24, 2.45) is 0 Å². The summed E-state index contributed by atoms with van der Waals surface area (Å²) in [5.74, 6) is -1.11. The average Bonchev–Trinajstić information content (AvgIpc) is 2.67. The van der Waals surface area contributed by atoms with Crippen molar-refractivity contribution in [3.63, 3.8) is 0 Å². The summed E-state index contributed by atoms with van der Waals surface area (Å²) in [6.07, 6.45) is 0.750. The third-order valence-electron chi connectivity index (χ3n) is 4.19. The van der Waals surface area contributed by atoms with Crippen LogP contribution in [0.3, 0.4) is 0 Å². The summed E-state index contributed by atoms with van der Waals surface area (Å²) in [6, 6.07) is 16.3. The van der Waals surface area contributed by atoms with Gasteiger partial charge in [-0.1, -0.05) is 30.3 Å². The first-order valence-corrected chi connectivity index (χ1v) is 9.28. The number of ether oxygens (including phenoxy) is 1. The molecule has 0 fully saturated rings. The van der Waals surface area contributed by atoms with Crippen LogP contribution in [0.25, 0.3) is 0 Å². The number of carbonyl (C=O) groups excluding carboxylic acids is 3. The third-order valence-corrected chi connectivity index (χ3v) is 4.19. The number of amides is 2. The standard InChI is InChI=1S/C22H26N2O4/c1-15(9-10-18-7-5-4-6-8-18)23-21(26)16(2)28-22(27)19-11-13-20(14-12-19)24-17(3)25/h4-8,11-16H,9-10H2,1-3H3,(H,23,26)(H,24,25)/t15-,16-/m0/s1. The predicted octanol–water partition coefficient (Wildman–Crippen LogP) is 3.33. The summed E-state index contributed by atoms with van der Waals surface area (Å²) in [5, 5.41) is 5.49. The lowest BCUT2D eigenvalue weighted by Gasteiger charge is -2.18. The van der Waals surface area contributed by atoms with Crippen molar-refractivity contribution in [1.29, 1.82) is 0 Å². The van der Waals surface area contributed by atoms with Crippen molar-refractivity contribution >= 4 is 23.5 Å². The fraction of sp³-hybridized carbons (Fsp3) is 0.318. The van der Waals surface area contributed by atoms with E-state index in [2.05, 4.69) is 22.8 Å². The molecule has 0 aliphatic carbocycles. The van der Waals surface area contributed by atoms with Gasteiger partial charge in [-0.2, -0.15) is 0 Å². The second-order valence-corrected chi connectivity index (χ2v) is 6.74. The first-order valence-electron chi connectivity index (χ1n) is 9.28. The van der Waals surface area contributed by atoms with E-state index in [1.165, 1.54) is 12.5 Å². The molecule has 6 nitrogen and oxygen atoms in total. The molecule has 0 heterocycles. The van der Waals surface area contributed by atoms with Crippen molar-refractivity contribution < 1.29 is 19.1 Å². The van der Waals surface area contributed by atoms with E-state index in [0.29, 0.717) is 11.3 Å². The molecule has 6 heteroatoms. The van der Waals surface area contributed by atoms with E-state index in [1.807, 2.05) is 25.1 Å². The van der Waals surface area contributed by atoms with Gasteiger partial charge in [-0.15, -0.1) is 0 Å². The van der Waals surface area contributed by atoms with Crippen molar-refractivity contribution in [3.05, 3.63) is 65.7 Å². The van der Waals surface area contributed by atoms with Gasteiger partial charge in [0.2, 0.25) is 5.91 Å². The van der Waals surface area contributed by atoms with E-state index in [0.717, 1.165) is 12.8 Å². The Morgan fingerprint density at radius 1 is 0.964 bits per heavy atom. The van der Waals surface area contributed by atoms with Crippen molar-refractivity contribution in [2.75, 3.05) is 5.32 Å². The summed E-state index contributed by atoms with van der Waals surface area (Å²) in [6.45, 7) is 4.88. The molecule has 0 aromatic heterocycles. The van der Waals surface area contributed by atoms with Gasteiger partial charge in [0, 0.05) is 18.7 Å². The molecule has 0 saturated carbocycles. The van der Waals surface area contributed by atoms with Gasteiger partial charge in [0.05, 0.1) is 5.56 Å². The number of esters is 1. The van der Waals surface area contributed by atoms with Crippen molar-refractivity contribution in [1.82, 2.24) is 5.32 Å². The van der Waals surface area contributed by atoms with Crippen LogP contribution >= 0.6 is 0 Å². The Morgan fingerprint density at radius 3 is 2.21 bits per heavy atom. The molecule has 0 aliphatic rings. The molecule has 0 aliphatic heterocycles. The molecule has 0 spiro atoms.